The third-order valence-electron chi connectivity index (χ3n) is 4.79. The van der Waals surface area contributed by atoms with Gasteiger partial charge in [-0.3, -0.25) is 0 Å². The van der Waals surface area contributed by atoms with Gasteiger partial charge < -0.3 is 10.3 Å². The molecule has 0 spiro atoms. The Kier molecular flexibility index (Phi) is 2.34. The lowest BCUT2D eigenvalue weighted by Gasteiger charge is -2.24. The van der Waals surface area contributed by atoms with Gasteiger partial charge in [0.2, 0.25) is 5.95 Å². The van der Waals surface area contributed by atoms with Crippen molar-refractivity contribution in [1.82, 2.24) is 9.55 Å². The van der Waals surface area contributed by atoms with E-state index in [4.69, 9.17) is 17.3 Å². The summed E-state index contributed by atoms with van der Waals surface area (Å²) in [5.74, 6) is 1.56. The third kappa shape index (κ3) is 1.59. The van der Waals surface area contributed by atoms with Crippen LogP contribution in [0.5, 0.6) is 0 Å². The molecule has 2 aromatic rings. The molecule has 3 unspecified atom stereocenters. The number of hydrogen-bond donors (Lipinski definition) is 1. The minimum Gasteiger partial charge on any atom is -0.369 e. The topological polar surface area (TPSA) is 43.8 Å². The second kappa shape index (κ2) is 3.85. The highest BCUT2D eigenvalue weighted by molar-refractivity contribution is 6.31. The van der Waals surface area contributed by atoms with Gasteiger partial charge in [-0.25, -0.2) is 9.37 Å². The number of halogens is 2. The normalized spacial score (nSPS) is 29.5. The van der Waals surface area contributed by atoms with E-state index in [0.29, 0.717) is 23.4 Å². The minimum atomic E-state index is -0.404. The highest BCUT2D eigenvalue weighted by atomic mass is 35.5. The molecular formula is C14H15ClFN3. The Labute approximate surface area is 115 Å². The predicted octanol–water partition coefficient (Wildman–Crippen LogP) is 3.77. The summed E-state index contributed by atoms with van der Waals surface area (Å²) in [5.41, 5.74) is 7.51. The van der Waals surface area contributed by atoms with Crippen molar-refractivity contribution in [3.05, 3.63) is 23.0 Å². The molecule has 0 saturated heterocycles. The number of nitrogens with zero attached hydrogens (tertiary/aromatic N) is 2. The molecule has 0 aliphatic heterocycles. The molecule has 0 radical (unpaired) electrons. The summed E-state index contributed by atoms with van der Waals surface area (Å²) in [6, 6.07) is 3.41. The van der Waals surface area contributed by atoms with E-state index in [-0.39, 0.29) is 5.02 Å². The molecule has 2 aliphatic carbocycles. The van der Waals surface area contributed by atoms with Crippen LogP contribution in [-0.4, -0.2) is 9.55 Å². The number of aromatic nitrogens is 2. The molecule has 3 nitrogen and oxygen atoms in total. The first-order chi connectivity index (χ1) is 9.13. The average molecular weight is 280 g/mol. The van der Waals surface area contributed by atoms with Crippen molar-refractivity contribution in [2.75, 3.05) is 5.73 Å². The van der Waals surface area contributed by atoms with Crippen LogP contribution in [0.2, 0.25) is 5.02 Å². The number of anilines is 1. The summed E-state index contributed by atoms with van der Waals surface area (Å²) in [7, 11) is 0. The van der Waals surface area contributed by atoms with Crippen LogP contribution in [0.25, 0.3) is 11.0 Å². The van der Waals surface area contributed by atoms with E-state index in [1.807, 2.05) is 4.57 Å². The van der Waals surface area contributed by atoms with E-state index in [0.717, 1.165) is 17.9 Å². The largest absolute Gasteiger partial charge is 0.369 e. The fourth-order valence-electron chi connectivity index (χ4n) is 3.98. The smallest absolute Gasteiger partial charge is 0.201 e. The summed E-state index contributed by atoms with van der Waals surface area (Å²) < 4.78 is 15.7. The Morgan fingerprint density at radius 3 is 2.84 bits per heavy atom. The highest BCUT2D eigenvalue weighted by Gasteiger charge is 2.41. The van der Waals surface area contributed by atoms with Crippen molar-refractivity contribution < 1.29 is 4.39 Å². The number of rotatable bonds is 1. The molecule has 2 bridgehead atoms. The van der Waals surface area contributed by atoms with E-state index in [9.17, 15) is 4.39 Å². The maximum absolute atomic E-state index is 13.7. The van der Waals surface area contributed by atoms with E-state index in [1.54, 1.807) is 6.07 Å². The minimum absolute atomic E-state index is 0.102. The van der Waals surface area contributed by atoms with E-state index in [2.05, 4.69) is 4.98 Å². The number of nitrogen functional groups attached to an aromatic ring is 1. The van der Waals surface area contributed by atoms with Gasteiger partial charge in [0.25, 0.3) is 0 Å². The monoisotopic (exact) mass is 279 g/mol. The molecule has 100 valence electrons. The lowest BCUT2D eigenvalue weighted by molar-refractivity contribution is 0.339. The Morgan fingerprint density at radius 1 is 1.32 bits per heavy atom. The van der Waals surface area contributed by atoms with Crippen LogP contribution < -0.4 is 5.73 Å². The molecule has 2 N–H and O–H groups in total. The number of benzene rings is 1. The quantitative estimate of drug-likeness (QED) is 0.863. The van der Waals surface area contributed by atoms with Crippen molar-refractivity contribution >= 4 is 28.6 Å². The first-order valence-corrected chi connectivity index (χ1v) is 7.13. The standard InChI is InChI=1S/C14H15ClFN3/c15-9-5-11-13(6-10(9)16)19(14(17)18-11)12-4-7-1-2-8(12)3-7/h5-8,12H,1-4H2,(H2,17,18). The molecule has 2 aliphatic rings. The second-order valence-corrected chi connectivity index (χ2v) is 6.24. The molecule has 2 fully saturated rings. The molecule has 3 atom stereocenters. The molecule has 1 aromatic carbocycles. The van der Waals surface area contributed by atoms with Crippen molar-refractivity contribution in [2.45, 2.75) is 31.7 Å². The summed E-state index contributed by atoms with van der Waals surface area (Å²) in [6.45, 7) is 0. The summed E-state index contributed by atoms with van der Waals surface area (Å²) in [5, 5.41) is 0.102. The maximum atomic E-state index is 13.7. The lowest BCUT2D eigenvalue weighted by Crippen LogP contribution is -2.18. The highest BCUT2D eigenvalue weighted by Crippen LogP contribution is 2.52. The molecule has 1 heterocycles. The zero-order chi connectivity index (χ0) is 13.1. The van der Waals surface area contributed by atoms with Crippen LogP contribution in [-0.2, 0) is 0 Å². The number of imidazole rings is 1. The van der Waals surface area contributed by atoms with Gasteiger partial charge in [0.15, 0.2) is 0 Å². The first kappa shape index (κ1) is 11.5. The molecule has 1 aromatic heterocycles. The molecule has 2 saturated carbocycles. The van der Waals surface area contributed by atoms with Gasteiger partial charge in [0, 0.05) is 12.1 Å². The van der Waals surface area contributed by atoms with Gasteiger partial charge in [-0.1, -0.05) is 18.0 Å². The van der Waals surface area contributed by atoms with Gasteiger partial charge in [-0.15, -0.1) is 0 Å². The van der Waals surface area contributed by atoms with Crippen LogP contribution >= 0.6 is 11.6 Å². The van der Waals surface area contributed by atoms with Gasteiger partial charge in [0.05, 0.1) is 16.1 Å². The second-order valence-electron chi connectivity index (χ2n) is 5.84. The van der Waals surface area contributed by atoms with Gasteiger partial charge in [-0.05, 0) is 37.2 Å². The van der Waals surface area contributed by atoms with Crippen LogP contribution in [0.15, 0.2) is 12.1 Å². The number of fused-ring (bicyclic) bond motifs is 3. The summed E-state index contributed by atoms with van der Waals surface area (Å²) in [4.78, 5) is 4.33. The third-order valence-corrected chi connectivity index (χ3v) is 5.08. The molecule has 4 rings (SSSR count). The van der Waals surface area contributed by atoms with Crippen molar-refractivity contribution in [1.29, 1.82) is 0 Å². The first-order valence-electron chi connectivity index (χ1n) is 6.76. The molecule has 5 heteroatoms. The SMILES string of the molecule is Nc1nc2cc(Cl)c(F)cc2n1C1CC2CCC1C2. The van der Waals surface area contributed by atoms with Gasteiger partial charge in [0.1, 0.15) is 5.82 Å². The Balaban J connectivity index is 1.89. The van der Waals surface area contributed by atoms with Crippen LogP contribution in [0.3, 0.4) is 0 Å². The van der Waals surface area contributed by atoms with E-state index >= 15 is 0 Å². The van der Waals surface area contributed by atoms with Crippen molar-refractivity contribution in [2.24, 2.45) is 11.8 Å². The molecule has 0 amide bonds. The fraction of sp³-hybridized carbons (Fsp3) is 0.500. The summed E-state index contributed by atoms with van der Waals surface area (Å²) in [6.07, 6.45) is 5.00. The molecule has 19 heavy (non-hydrogen) atoms. The maximum Gasteiger partial charge on any atom is 0.201 e. The number of nitrogens with two attached hydrogens (primary N) is 1. The van der Waals surface area contributed by atoms with Crippen molar-refractivity contribution in [3.8, 4) is 0 Å². The zero-order valence-electron chi connectivity index (χ0n) is 10.4. The number of hydrogen-bond acceptors (Lipinski definition) is 2. The van der Waals surface area contributed by atoms with Gasteiger partial charge >= 0.3 is 0 Å². The Bertz CT molecular complexity index is 666. The lowest BCUT2D eigenvalue weighted by atomic mass is 9.95. The van der Waals surface area contributed by atoms with E-state index in [1.165, 1.54) is 25.3 Å². The predicted molar refractivity (Wildman–Crippen MR) is 73.6 cm³/mol. The average Bonchev–Trinajstić information content (AvgIpc) is 3.03. The van der Waals surface area contributed by atoms with Crippen molar-refractivity contribution in [3.63, 3.8) is 0 Å². The Hall–Kier alpha value is -1.29. The van der Waals surface area contributed by atoms with Crippen LogP contribution in [0.4, 0.5) is 10.3 Å². The molecular weight excluding hydrogens is 265 g/mol. The van der Waals surface area contributed by atoms with E-state index < -0.39 is 5.82 Å². The zero-order valence-corrected chi connectivity index (χ0v) is 11.2. The summed E-state index contributed by atoms with van der Waals surface area (Å²) >= 11 is 5.81. The fourth-order valence-corrected chi connectivity index (χ4v) is 4.14. The van der Waals surface area contributed by atoms with Gasteiger partial charge in [-0.2, -0.15) is 0 Å². The Morgan fingerprint density at radius 2 is 2.16 bits per heavy atom. The van der Waals surface area contributed by atoms with Crippen LogP contribution in [0.1, 0.15) is 31.7 Å². The van der Waals surface area contributed by atoms with Crippen LogP contribution in [0, 0.1) is 17.7 Å².